The number of rotatable bonds is 14. The Morgan fingerprint density at radius 1 is 1.03 bits per heavy atom. The highest BCUT2D eigenvalue weighted by molar-refractivity contribution is 5.94. The van der Waals surface area contributed by atoms with Gasteiger partial charge >= 0.3 is 5.97 Å². The van der Waals surface area contributed by atoms with Crippen molar-refractivity contribution in [3.05, 3.63) is 0 Å². The van der Waals surface area contributed by atoms with Gasteiger partial charge in [-0.2, -0.15) is 0 Å². The molecule has 4 unspecified atom stereocenters. The van der Waals surface area contributed by atoms with Gasteiger partial charge in [0.15, 0.2) is 5.96 Å². The molecule has 11 N–H and O–H groups in total. The monoisotopic (exact) mass is 470 g/mol. The first kappa shape index (κ1) is 27.6. The van der Waals surface area contributed by atoms with Crippen molar-refractivity contribution in [1.29, 1.82) is 0 Å². The molecule has 1 aliphatic rings. The van der Waals surface area contributed by atoms with Crippen molar-refractivity contribution in [2.45, 2.75) is 69.6 Å². The van der Waals surface area contributed by atoms with Gasteiger partial charge < -0.3 is 43.6 Å². The summed E-state index contributed by atoms with van der Waals surface area (Å²) in [6, 6.07) is -3.79. The van der Waals surface area contributed by atoms with E-state index in [1.807, 2.05) is 0 Å². The largest absolute Gasteiger partial charge is 0.480 e. The van der Waals surface area contributed by atoms with Gasteiger partial charge in [-0.1, -0.05) is 0 Å². The summed E-state index contributed by atoms with van der Waals surface area (Å²) in [5, 5.41) is 19.8. The summed E-state index contributed by atoms with van der Waals surface area (Å²) in [5.41, 5.74) is 15.6. The maximum atomic E-state index is 12.7. The van der Waals surface area contributed by atoms with Crippen molar-refractivity contribution in [3.63, 3.8) is 0 Å². The highest BCUT2D eigenvalue weighted by Crippen LogP contribution is 2.06. The van der Waals surface area contributed by atoms with E-state index in [9.17, 15) is 29.1 Å². The molecule has 0 spiro atoms. The molecule has 0 aliphatic carbocycles. The smallest absolute Gasteiger partial charge is 0.326 e. The molecular weight excluding hydrogens is 436 g/mol. The minimum atomic E-state index is -1.37. The highest BCUT2D eigenvalue weighted by atomic mass is 16.4. The lowest BCUT2D eigenvalue weighted by Crippen LogP contribution is -2.56. The number of amides is 4. The Morgan fingerprint density at radius 2 is 1.70 bits per heavy atom. The zero-order valence-corrected chi connectivity index (χ0v) is 18.6. The molecular formula is C19H34N8O6. The predicted molar refractivity (Wildman–Crippen MR) is 118 cm³/mol. The molecule has 0 bridgehead atoms. The quantitative estimate of drug-likeness (QED) is 0.0715. The van der Waals surface area contributed by atoms with Gasteiger partial charge in [0.25, 0.3) is 0 Å². The van der Waals surface area contributed by atoms with Crippen LogP contribution in [-0.4, -0.2) is 77.9 Å². The van der Waals surface area contributed by atoms with E-state index in [4.69, 9.17) is 17.2 Å². The van der Waals surface area contributed by atoms with Crippen molar-refractivity contribution in [2.75, 3.05) is 13.1 Å². The van der Waals surface area contributed by atoms with Gasteiger partial charge in [0.2, 0.25) is 23.6 Å². The van der Waals surface area contributed by atoms with Gasteiger partial charge in [0, 0.05) is 13.0 Å². The highest BCUT2D eigenvalue weighted by Gasteiger charge is 2.29. The van der Waals surface area contributed by atoms with Gasteiger partial charge in [-0.25, -0.2) is 4.79 Å². The Balaban J connectivity index is 2.79. The Labute approximate surface area is 191 Å². The number of guanidine groups is 1. The van der Waals surface area contributed by atoms with Gasteiger partial charge in [-0.3, -0.25) is 24.2 Å². The molecule has 14 nitrogen and oxygen atoms in total. The molecule has 4 atom stereocenters. The second-order valence-electron chi connectivity index (χ2n) is 7.79. The number of aliphatic imine (C=N–C) groups is 1. The fourth-order valence-electron chi connectivity index (χ4n) is 3.17. The first-order chi connectivity index (χ1) is 15.5. The lowest BCUT2D eigenvalue weighted by molar-refractivity contribution is -0.142. The summed E-state index contributed by atoms with van der Waals surface area (Å²) in [7, 11) is 0. The summed E-state index contributed by atoms with van der Waals surface area (Å²) >= 11 is 0. The van der Waals surface area contributed by atoms with E-state index in [1.54, 1.807) is 0 Å². The van der Waals surface area contributed by atoms with Crippen molar-refractivity contribution >= 4 is 35.6 Å². The van der Waals surface area contributed by atoms with E-state index in [0.29, 0.717) is 12.8 Å². The Kier molecular flexibility index (Phi) is 11.6. The topological polar surface area (TPSA) is 244 Å². The fourth-order valence-corrected chi connectivity index (χ4v) is 3.17. The molecule has 1 fully saturated rings. The van der Waals surface area contributed by atoms with Crippen LogP contribution in [0.15, 0.2) is 4.99 Å². The number of carbonyl (C=O) groups excluding carboxylic acids is 4. The van der Waals surface area contributed by atoms with E-state index in [0.717, 1.165) is 13.0 Å². The predicted octanol–water partition coefficient (Wildman–Crippen LogP) is -3.38. The van der Waals surface area contributed by atoms with Crippen LogP contribution in [0.5, 0.6) is 0 Å². The van der Waals surface area contributed by atoms with Gasteiger partial charge in [0.05, 0.1) is 6.04 Å². The number of carbonyl (C=O) groups is 5. The molecule has 0 aromatic carbocycles. The molecule has 4 amide bonds. The van der Waals surface area contributed by atoms with E-state index in [1.165, 1.54) is 6.92 Å². The molecule has 33 heavy (non-hydrogen) atoms. The number of nitrogens with two attached hydrogens (primary N) is 3. The first-order valence-corrected chi connectivity index (χ1v) is 10.7. The van der Waals surface area contributed by atoms with E-state index in [2.05, 4.69) is 26.3 Å². The molecule has 1 saturated heterocycles. The number of nitrogens with one attached hydrogen (secondary N) is 4. The van der Waals surface area contributed by atoms with Crippen molar-refractivity contribution in [2.24, 2.45) is 22.2 Å². The average molecular weight is 471 g/mol. The van der Waals surface area contributed by atoms with Crippen LogP contribution < -0.4 is 38.5 Å². The zero-order chi connectivity index (χ0) is 25.0. The zero-order valence-electron chi connectivity index (χ0n) is 18.6. The first-order valence-electron chi connectivity index (χ1n) is 10.7. The maximum Gasteiger partial charge on any atom is 0.326 e. The summed E-state index contributed by atoms with van der Waals surface area (Å²) in [6.45, 7) is 2.38. The van der Waals surface area contributed by atoms with Gasteiger partial charge in [0.1, 0.15) is 18.1 Å². The van der Waals surface area contributed by atoms with E-state index in [-0.39, 0.29) is 43.7 Å². The number of hydrogen-bond donors (Lipinski definition) is 8. The molecule has 0 aromatic rings. The average Bonchev–Trinajstić information content (AvgIpc) is 3.27. The third-order valence-corrected chi connectivity index (χ3v) is 5.00. The second kappa shape index (κ2) is 13.9. The minimum absolute atomic E-state index is 0.0986. The van der Waals surface area contributed by atoms with Crippen LogP contribution in [0.1, 0.15) is 45.4 Å². The molecule has 1 rings (SSSR count). The van der Waals surface area contributed by atoms with Crippen LogP contribution in [0.3, 0.4) is 0 Å². The van der Waals surface area contributed by atoms with Crippen molar-refractivity contribution in [1.82, 2.24) is 21.3 Å². The van der Waals surface area contributed by atoms with Crippen LogP contribution in [0.25, 0.3) is 0 Å². The summed E-state index contributed by atoms with van der Waals surface area (Å²) < 4.78 is 0. The molecule has 0 saturated carbocycles. The number of hydrogen-bond acceptors (Lipinski definition) is 7. The van der Waals surface area contributed by atoms with Crippen molar-refractivity contribution < 1.29 is 29.1 Å². The van der Waals surface area contributed by atoms with Crippen LogP contribution in [-0.2, 0) is 24.0 Å². The Hall–Kier alpha value is -3.42. The number of carboxylic acids is 1. The normalized spacial score (nSPS) is 17.8. The molecule has 186 valence electrons. The molecule has 14 heteroatoms. The van der Waals surface area contributed by atoms with Gasteiger partial charge in [-0.05, 0) is 45.6 Å². The lowest BCUT2D eigenvalue weighted by atomic mass is 10.1. The number of aliphatic carboxylic acids is 1. The fraction of sp³-hybridized carbons (Fsp3) is 0.684. The van der Waals surface area contributed by atoms with Gasteiger partial charge in [-0.15, -0.1) is 0 Å². The van der Waals surface area contributed by atoms with Crippen LogP contribution in [0.4, 0.5) is 0 Å². The van der Waals surface area contributed by atoms with Crippen LogP contribution in [0.2, 0.25) is 0 Å². The molecule has 1 aliphatic heterocycles. The standard InChI is InChI=1S/C19H34N8O6/c1-10(25-16(30)11-4-2-8-23-11)15(29)26-12(5-3-9-24-19(21)22)17(31)27-13(18(32)33)6-7-14(20)28/h10-13,23H,2-9H2,1H3,(H2,20,28)(H,25,30)(H,26,29)(H,27,31)(H,32,33)(H4,21,22,24). The lowest BCUT2D eigenvalue weighted by Gasteiger charge is -2.23. The molecule has 1 heterocycles. The third-order valence-electron chi connectivity index (χ3n) is 5.00. The SMILES string of the molecule is CC(NC(=O)C1CCCN1)C(=O)NC(CCCN=C(N)N)C(=O)NC(CCC(N)=O)C(=O)O. The number of nitrogens with zero attached hydrogens (tertiary/aromatic N) is 1. The third kappa shape index (κ3) is 10.6. The minimum Gasteiger partial charge on any atom is -0.480 e. The van der Waals surface area contributed by atoms with Crippen molar-refractivity contribution in [3.8, 4) is 0 Å². The number of primary amides is 1. The van der Waals surface area contributed by atoms with E-state index >= 15 is 0 Å². The summed E-state index contributed by atoms with van der Waals surface area (Å²) in [5.74, 6) is -3.89. The second-order valence-corrected chi connectivity index (χ2v) is 7.79. The Morgan fingerprint density at radius 3 is 2.24 bits per heavy atom. The molecule has 0 aromatic heterocycles. The Bertz CT molecular complexity index is 749. The number of carboxylic acid groups (broad SMARTS) is 1. The van der Waals surface area contributed by atoms with E-state index < -0.39 is 41.8 Å². The summed E-state index contributed by atoms with van der Waals surface area (Å²) in [6.07, 6.45) is 1.49. The van der Waals surface area contributed by atoms with Crippen LogP contribution in [0, 0.1) is 0 Å². The maximum absolute atomic E-state index is 12.7. The van der Waals surface area contributed by atoms with Crippen LogP contribution >= 0.6 is 0 Å². The molecule has 0 radical (unpaired) electrons. The summed E-state index contributed by atoms with van der Waals surface area (Å²) in [4.78, 5) is 63.8.